The molecule has 1 unspecified atom stereocenters. The van der Waals surface area contributed by atoms with Gasteiger partial charge in [0.1, 0.15) is 10.6 Å². The maximum Gasteiger partial charge on any atom is 0.265 e. The summed E-state index contributed by atoms with van der Waals surface area (Å²) in [6.45, 7) is 0.714. The normalized spacial score (nSPS) is 14.6. The first-order valence-corrected chi connectivity index (χ1v) is 20.6. The number of nitrogens with zero attached hydrogens (tertiary/aromatic N) is 3. The molecule has 1 aliphatic rings. The second kappa shape index (κ2) is 14.4. The van der Waals surface area contributed by atoms with Crippen molar-refractivity contribution in [2.75, 3.05) is 28.0 Å². The van der Waals surface area contributed by atoms with E-state index in [0.717, 1.165) is 30.8 Å². The van der Waals surface area contributed by atoms with E-state index in [1.165, 1.54) is 54.3 Å². The average Bonchev–Trinajstić information content (AvgIpc) is 3.59. The number of halogens is 1. The molecule has 51 heavy (non-hydrogen) atoms. The number of benzene rings is 4. The molecule has 0 radical (unpaired) electrons. The van der Waals surface area contributed by atoms with E-state index in [1.54, 1.807) is 23.1 Å². The van der Waals surface area contributed by atoms with Crippen LogP contribution in [0.25, 0.3) is 27.1 Å². The van der Waals surface area contributed by atoms with E-state index in [1.807, 2.05) is 47.0 Å². The van der Waals surface area contributed by atoms with Crippen molar-refractivity contribution in [3.05, 3.63) is 93.9 Å². The number of hydrogen-bond donors (Lipinski definition) is 0. The highest BCUT2D eigenvalue weighted by Crippen LogP contribution is 2.48. The molecule has 0 saturated heterocycles. The van der Waals surface area contributed by atoms with Gasteiger partial charge in [0.15, 0.2) is 16.4 Å². The van der Waals surface area contributed by atoms with Gasteiger partial charge in [0.2, 0.25) is 5.52 Å². The number of anilines is 2. The van der Waals surface area contributed by atoms with E-state index in [0.29, 0.717) is 20.7 Å². The number of thioether (sulfide) groups is 1. The van der Waals surface area contributed by atoms with Gasteiger partial charge in [0.05, 0.1) is 61.7 Å². The molecule has 4 aromatic carbocycles. The van der Waals surface area contributed by atoms with Crippen LogP contribution in [0.15, 0.2) is 93.7 Å². The minimum atomic E-state index is -4.45. The van der Waals surface area contributed by atoms with Crippen LogP contribution in [0.3, 0.4) is 0 Å². The van der Waals surface area contributed by atoms with Crippen LogP contribution >= 0.6 is 34.7 Å². The number of fused-ring (bicyclic) bond motifs is 4. The molecule has 1 aromatic heterocycles. The van der Waals surface area contributed by atoms with E-state index >= 15 is 0 Å². The van der Waals surface area contributed by atoms with Crippen LogP contribution in [0.1, 0.15) is 18.4 Å². The van der Waals surface area contributed by atoms with Crippen LogP contribution in [-0.2, 0) is 36.1 Å². The van der Waals surface area contributed by atoms with E-state index in [4.69, 9.17) is 11.6 Å². The molecule has 0 N–H and O–H groups in total. The van der Waals surface area contributed by atoms with Crippen molar-refractivity contribution in [1.29, 1.82) is 0 Å². The molecule has 0 amide bonds. The summed E-state index contributed by atoms with van der Waals surface area (Å²) in [7, 11) is -8.53. The number of sulfone groups is 1. The SMILES string of the molecule is CC(C(=O)[O-])N(CC(=O)[O-])c1ccc(S(=O)(=O)CN2/C(=C/c3sc4ccc5ccccc5c4[n+]3CCCS(=O)(=O)[O-])Sc3ccc(Cl)cc32)cc1. The molecule has 0 spiro atoms. The number of aliphatic carboxylic acids is 2. The Morgan fingerprint density at radius 3 is 2.41 bits per heavy atom. The van der Waals surface area contributed by atoms with Crippen molar-refractivity contribution in [3.63, 3.8) is 0 Å². The topological polar surface area (TPSA) is 182 Å². The van der Waals surface area contributed by atoms with Gasteiger partial charge in [-0.25, -0.2) is 16.8 Å². The number of aromatic nitrogens is 1. The van der Waals surface area contributed by atoms with Crippen LogP contribution in [0.4, 0.5) is 11.4 Å². The predicted octanol–water partition coefficient (Wildman–Crippen LogP) is 2.97. The molecule has 0 saturated carbocycles. The highest BCUT2D eigenvalue weighted by Gasteiger charge is 2.32. The molecule has 0 fully saturated rings. The molecule has 2 heterocycles. The van der Waals surface area contributed by atoms with Crippen LogP contribution in [0.2, 0.25) is 5.02 Å². The summed E-state index contributed by atoms with van der Waals surface area (Å²) < 4.78 is 65.2. The van der Waals surface area contributed by atoms with Gasteiger partial charge in [0, 0.05) is 27.8 Å². The first-order chi connectivity index (χ1) is 24.1. The van der Waals surface area contributed by atoms with E-state index < -0.39 is 56.1 Å². The lowest BCUT2D eigenvalue weighted by atomic mass is 10.1. The summed E-state index contributed by atoms with van der Waals surface area (Å²) in [5.41, 5.74) is 1.56. The van der Waals surface area contributed by atoms with Crippen molar-refractivity contribution in [3.8, 4) is 0 Å². The molecule has 5 aromatic rings. The largest absolute Gasteiger partial charge is 0.748 e. The zero-order valence-electron chi connectivity index (χ0n) is 26.7. The third-order valence-corrected chi connectivity index (χ3v) is 13.1. The standard InChI is InChI=1S/C34H30ClN3O9S4/c1-21(34(41)42)37(19-32(39)40)24-9-11-25(12-10-24)50(43,44)20-38-27-17-23(35)8-14-28(27)48-31(38)18-30-36(15-4-16-51(45,46)47)33-26-6-3-2-5-22(26)7-13-29(33)49-30/h2-3,5-14,17-18,21H,4,15-16,19-20H2,1H3,(H2-,39,40,41,42,45,46,47)/p-2. The molecule has 17 heteroatoms. The van der Waals surface area contributed by atoms with Crippen molar-refractivity contribution < 1.29 is 45.8 Å². The summed E-state index contributed by atoms with van der Waals surface area (Å²) in [6, 6.07) is 20.7. The fourth-order valence-corrected chi connectivity index (χ4v) is 10.2. The fourth-order valence-electron chi connectivity index (χ4n) is 5.83. The molecule has 1 aliphatic heterocycles. The third-order valence-electron chi connectivity index (χ3n) is 8.26. The van der Waals surface area contributed by atoms with Crippen LogP contribution in [-0.4, -0.2) is 57.5 Å². The predicted molar refractivity (Wildman–Crippen MR) is 192 cm³/mol. The van der Waals surface area contributed by atoms with Gasteiger partial charge in [-0.1, -0.05) is 59.0 Å². The average molecular weight is 786 g/mol. The van der Waals surface area contributed by atoms with E-state index in [-0.39, 0.29) is 23.5 Å². The summed E-state index contributed by atoms with van der Waals surface area (Å²) in [4.78, 5) is 26.1. The number of carboxylic acids is 2. The van der Waals surface area contributed by atoms with Crippen molar-refractivity contribution in [1.82, 2.24) is 0 Å². The summed E-state index contributed by atoms with van der Waals surface area (Å²) in [5.74, 6) is -4.10. The molecular weight excluding hydrogens is 758 g/mol. The Kier molecular flexibility index (Phi) is 10.4. The maximum atomic E-state index is 13.9. The zero-order valence-corrected chi connectivity index (χ0v) is 30.7. The van der Waals surface area contributed by atoms with E-state index in [2.05, 4.69) is 0 Å². The number of hydrogen-bond acceptors (Lipinski definition) is 13. The van der Waals surface area contributed by atoms with Crippen molar-refractivity contribution in [2.45, 2.75) is 35.7 Å². The zero-order chi connectivity index (χ0) is 36.7. The van der Waals surface area contributed by atoms with Gasteiger partial charge >= 0.3 is 0 Å². The smallest absolute Gasteiger partial charge is 0.265 e. The van der Waals surface area contributed by atoms with Crippen molar-refractivity contribution >= 4 is 105 Å². The molecule has 0 aliphatic carbocycles. The fraction of sp³-hybridized carbons (Fsp3) is 0.206. The summed E-state index contributed by atoms with van der Waals surface area (Å²) in [5, 5.41) is 26.4. The second-order valence-electron chi connectivity index (χ2n) is 11.7. The molecule has 266 valence electrons. The minimum absolute atomic E-state index is 0.0704. The highest BCUT2D eigenvalue weighted by atomic mass is 35.5. The second-order valence-corrected chi connectivity index (χ2v) is 17.7. The lowest BCUT2D eigenvalue weighted by Gasteiger charge is -2.32. The first kappa shape index (κ1) is 36.6. The molecular formula is C34H28ClN3O9S4-2. The Morgan fingerprint density at radius 1 is 1.00 bits per heavy atom. The van der Waals surface area contributed by atoms with Gasteiger partial charge in [0.25, 0.3) is 5.01 Å². The Morgan fingerprint density at radius 2 is 1.73 bits per heavy atom. The van der Waals surface area contributed by atoms with E-state index in [9.17, 15) is 41.2 Å². The molecule has 0 bridgehead atoms. The number of carbonyl (C=O) groups excluding carboxylic acids is 2. The monoisotopic (exact) mass is 785 g/mol. The number of carbonyl (C=O) groups is 2. The Hall–Kier alpha value is -4.19. The number of rotatable bonds is 13. The van der Waals surface area contributed by atoms with Crippen molar-refractivity contribution in [2.24, 2.45) is 0 Å². The summed E-state index contributed by atoms with van der Waals surface area (Å²) >= 11 is 9.14. The minimum Gasteiger partial charge on any atom is -0.748 e. The van der Waals surface area contributed by atoms with Gasteiger partial charge in [-0.2, -0.15) is 4.57 Å². The third kappa shape index (κ3) is 8.00. The molecule has 6 rings (SSSR count). The van der Waals surface area contributed by atoms with Gasteiger partial charge in [-0.15, -0.1) is 0 Å². The van der Waals surface area contributed by atoms with Crippen LogP contribution in [0.5, 0.6) is 0 Å². The van der Waals surface area contributed by atoms with Gasteiger partial charge in [-0.05, 0) is 66.9 Å². The van der Waals surface area contributed by atoms with Crippen LogP contribution in [0, 0.1) is 0 Å². The number of aryl methyl sites for hydroxylation is 1. The molecule has 12 nitrogen and oxygen atoms in total. The Labute approximate surface area is 306 Å². The van der Waals surface area contributed by atoms with Crippen LogP contribution < -0.4 is 24.6 Å². The molecule has 1 atom stereocenters. The highest BCUT2D eigenvalue weighted by molar-refractivity contribution is 8.04. The maximum absolute atomic E-state index is 13.9. The lowest BCUT2D eigenvalue weighted by molar-refractivity contribution is -0.667. The van der Waals surface area contributed by atoms with Gasteiger partial charge < -0.3 is 34.2 Å². The first-order valence-electron chi connectivity index (χ1n) is 15.4. The quantitative estimate of drug-likeness (QED) is 0.126. The number of carboxylic acid groups (broad SMARTS) is 2. The number of thiazole rings is 1. The summed E-state index contributed by atoms with van der Waals surface area (Å²) in [6.07, 6.45) is 1.91. The lowest BCUT2D eigenvalue weighted by Crippen LogP contribution is -2.50. The Balaban J connectivity index is 1.40. The van der Waals surface area contributed by atoms with Gasteiger partial charge in [-0.3, -0.25) is 0 Å². The Bertz CT molecular complexity index is 2430.